The number of nitrogens with zero attached hydrogens (tertiary/aromatic N) is 2. The molecule has 0 bridgehead atoms. The molecule has 1 heterocycles. The number of amides is 1. The van der Waals surface area contributed by atoms with Crippen molar-refractivity contribution in [3.8, 4) is 0 Å². The third-order valence-electron chi connectivity index (χ3n) is 4.58. The van der Waals surface area contributed by atoms with Crippen molar-refractivity contribution >= 4 is 11.7 Å². The van der Waals surface area contributed by atoms with Gasteiger partial charge in [-0.05, 0) is 56.2 Å². The van der Waals surface area contributed by atoms with E-state index in [1.54, 1.807) is 6.07 Å². The van der Waals surface area contributed by atoms with Crippen molar-refractivity contribution in [1.82, 2.24) is 15.5 Å². The Bertz CT molecular complexity index is 725. The van der Waals surface area contributed by atoms with Crippen molar-refractivity contribution in [2.24, 2.45) is 0 Å². The lowest BCUT2D eigenvalue weighted by atomic mass is 9.97. The Morgan fingerprint density at radius 2 is 1.85 bits per heavy atom. The van der Waals surface area contributed by atoms with Gasteiger partial charge in [0.2, 0.25) is 0 Å². The van der Waals surface area contributed by atoms with Crippen molar-refractivity contribution in [2.45, 2.75) is 38.5 Å². The van der Waals surface area contributed by atoms with E-state index in [1.165, 1.54) is 36.8 Å². The summed E-state index contributed by atoms with van der Waals surface area (Å²) in [6, 6.07) is 13.6. The van der Waals surface area contributed by atoms with Crippen LogP contribution in [0.5, 0.6) is 0 Å². The Balaban J connectivity index is 1.40. The molecule has 1 aromatic carbocycles. The van der Waals surface area contributed by atoms with Crippen LogP contribution in [0.15, 0.2) is 54.1 Å². The zero-order chi connectivity index (χ0) is 18.0. The van der Waals surface area contributed by atoms with Gasteiger partial charge in [-0.25, -0.2) is 0 Å². The molecule has 1 aliphatic carbocycles. The summed E-state index contributed by atoms with van der Waals surface area (Å²) in [5.41, 5.74) is 3.08. The molecular formula is C21H26N4O. The Morgan fingerprint density at radius 1 is 0.962 bits per heavy atom. The molecule has 3 rings (SSSR count). The first-order chi connectivity index (χ1) is 12.8. The van der Waals surface area contributed by atoms with Gasteiger partial charge in [0.15, 0.2) is 5.69 Å². The molecule has 1 aliphatic rings. The first-order valence-electron chi connectivity index (χ1n) is 9.39. The standard InChI is InChI=1S/C21H26N4O/c26-21(23-16-14-18-9-5-2-6-10-18)19-11-12-20(25-24-19)22-15-13-17-7-3-1-4-8-17/h2,5-7,9-12H,1,3-4,8,13-16H2,(H,22,25)(H,23,26). The Kier molecular flexibility index (Phi) is 6.76. The maximum absolute atomic E-state index is 12.1. The third kappa shape index (κ3) is 5.69. The molecule has 1 amide bonds. The Hall–Kier alpha value is -2.69. The second-order valence-corrected chi connectivity index (χ2v) is 6.58. The fraction of sp³-hybridized carbons (Fsp3) is 0.381. The van der Waals surface area contributed by atoms with Crippen LogP contribution in [0.2, 0.25) is 0 Å². The van der Waals surface area contributed by atoms with Gasteiger partial charge >= 0.3 is 0 Å². The number of anilines is 1. The van der Waals surface area contributed by atoms with E-state index >= 15 is 0 Å². The van der Waals surface area contributed by atoms with Crippen molar-refractivity contribution < 1.29 is 4.79 Å². The molecule has 0 radical (unpaired) electrons. The number of carbonyl (C=O) groups excluding carboxylic acids is 1. The van der Waals surface area contributed by atoms with E-state index in [1.807, 2.05) is 24.3 Å². The number of benzene rings is 1. The zero-order valence-electron chi connectivity index (χ0n) is 15.1. The van der Waals surface area contributed by atoms with E-state index in [0.29, 0.717) is 18.1 Å². The minimum atomic E-state index is -0.188. The summed E-state index contributed by atoms with van der Waals surface area (Å²) < 4.78 is 0. The summed E-state index contributed by atoms with van der Waals surface area (Å²) in [7, 11) is 0. The molecule has 0 saturated heterocycles. The minimum Gasteiger partial charge on any atom is -0.368 e. The highest BCUT2D eigenvalue weighted by atomic mass is 16.1. The van der Waals surface area contributed by atoms with Crippen LogP contribution in [0.25, 0.3) is 0 Å². The number of hydrogen-bond acceptors (Lipinski definition) is 4. The van der Waals surface area contributed by atoms with Gasteiger partial charge in [0, 0.05) is 13.1 Å². The highest BCUT2D eigenvalue weighted by molar-refractivity contribution is 5.92. The average molecular weight is 350 g/mol. The van der Waals surface area contributed by atoms with Gasteiger partial charge < -0.3 is 10.6 Å². The average Bonchev–Trinajstić information content (AvgIpc) is 2.70. The van der Waals surface area contributed by atoms with Crippen LogP contribution < -0.4 is 10.6 Å². The highest BCUT2D eigenvalue weighted by Crippen LogP contribution is 2.19. The molecule has 0 aliphatic heterocycles. The zero-order valence-corrected chi connectivity index (χ0v) is 15.1. The van der Waals surface area contributed by atoms with Crippen LogP contribution in [0.3, 0.4) is 0 Å². The Morgan fingerprint density at radius 3 is 2.58 bits per heavy atom. The van der Waals surface area contributed by atoms with Crippen LogP contribution in [-0.2, 0) is 6.42 Å². The summed E-state index contributed by atoms with van der Waals surface area (Å²) in [6.45, 7) is 1.43. The lowest BCUT2D eigenvalue weighted by Crippen LogP contribution is -2.26. The molecule has 5 nitrogen and oxygen atoms in total. The second kappa shape index (κ2) is 9.70. The maximum Gasteiger partial charge on any atom is 0.271 e. The molecule has 0 unspecified atom stereocenters. The van der Waals surface area contributed by atoms with Crippen LogP contribution in [0.1, 0.15) is 48.2 Å². The summed E-state index contributed by atoms with van der Waals surface area (Å²) in [4.78, 5) is 12.1. The van der Waals surface area contributed by atoms with Crippen LogP contribution in [0, 0.1) is 0 Å². The number of carbonyl (C=O) groups is 1. The Labute approximate surface area is 154 Å². The van der Waals surface area contributed by atoms with Gasteiger partial charge in [-0.2, -0.15) is 0 Å². The van der Waals surface area contributed by atoms with Gasteiger partial charge in [0.05, 0.1) is 0 Å². The van der Waals surface area contributed by atoms with Gasteiger partial charge in [0.25, 0.3) is 5.91 Å². The normalized spacial score (nSPS) is 13.8. The monoisotopic (exact) mass is 350 g/mol. The topological polar surface area (TPSA) is 66.9 Å². The predicted octanol–water partition coefficient (Wildman–Crippen LogP) is 3.75. The fourth-order valence-corrected chi connectivity index (χ4v) is 3.09. The molecular weight excluding hydrogens is 324 g/mol. The van der Waals surface area contributed by atoms with E-state index in [2.05, 4.69) is 39.0 Å². The first kappa shape index (κ1) is 18.1. The molecule has 1 aromatic heterocycles. The fourth-order valence-electron chi connectivity index (χ4n) is 3.09. The van der Waals surface area contributed by atoms with E-state index in [4.69, 9.17) is 0 Å². The number of rotatable bonds is 8. The number of allylic oxidation sites excluding steroid dienone is 1. The largest absolute Gasteiger partial charge is 0.368 e. The van der Waals surface area contributed by atoms with Crippen LogP contribution in [0.4, 0.5) is 5.82 Å². The minimum absolute atomic E-state index is 0.188. The predicted molar refractivity (Wildman–Crippen MR) is 104 cm³/mol. The van der Waals surface area contributed by atoms with Gasteiger partial charge in [-0.15, -0.1) is 10.2 Å². The van der Waals surface area contributed by atoms with Crippen molar-refractivity contribution in [1.29, 1.82) is 0 Å². The molecule has 0 fully saturated rings. The lowest BCUT2D eigenvalue weighted by molar-refractivity contribution is 0.0948. The van der Waals surface area contributed by atoms with Crippen molar-refractivity contribution in [2.75, 3.05) is 18.4 Å². The highest BCUT2D eigenvalue weighted by Gasteiger charge is 2.08. The van der Waals surface area contributed by atoms with Gasteiger partial charge in [-0.1, -0.05) is 42.0 Å². The second-order valence-electron chi connectivity index (χ2n) is 6.58. The number of aromatic nitrogens is 2. The van der Waals surface area contributed by atoms with E-state index in [-0.39, 0.29) is 5.91 Å². The SMILES string of the molecule is O=C(NCCc1ccccc1)c1ccc(NCCC2=CCCCC2)nn1. The van der Waals surface area contributed by atoms with E-state index < -0.39 is 0 Å². The maximum atomic E-state index is 12.1. The summed E-state index contributed by atoms with van der Waals surface area (Å²) in [6.07, 6.45) is 9.26. The molecule has 0 spiro atoms. The molecule has 26 heavy (non-hydrogen) atoms. The molecule has 5 heteroatoms. The van der Waals surface area contributed by atoms with E-state index in [9.17, 15) is 4.79 Å². The molecule has 0 saturated carbocycles. The molecule has 2 N–H and O–H groups in total. The van der Waals surface area contributed by atoms with Crippen LogP contribution in [-0.4, -0.2) is 29.2 Å². The number of hydrogen-bond donors (Lipinski definition) is 2. The van der Waals surface area contributed by atoms with Crippen LogP contribution >= 0.6 is 0 Å². The quantitative estimate of drug-likeness (QED) is 0.712. The third-order valence-corrected chi connectivity index (χ3v) is 4.58. The van der Waals surface area contributed by atoms with Crippen molar-refractivity contribution in [3.63, 3.8) is 0 Å². The van der Waals surface area contributed by atoms with Crippen molar-refractivity contribution in [3.05, 3.63) is 65.4 Å². The number of nitrogens with one attached hydrogen (secondary N) is 2. The summed E-state index contributed by atoms with van der Waals surface area (Å²) in [5, 5.41) is 14.3. The smallest absolute Gasteiger partial charge is 0.271 e. The first-order valence-corrected chi connectivity index (χ1v) is 9.39. The van der Waals surface area contributed by atoms with E-state index in [0.717, 1.165) is 19.4 Å². The summed E-state index contributed by atoms with van der Waals surface area (Å²) >= 11 is 0. The summed E-state index contributed by atoms with van der Waals surface area (Å²) in [5.74, 6) is 0.523. The molecule has 0 atom stereocenters. The molecule has 136 valence electrons. The van der Waals surface area contributed by atoms with Gasteiger partial charge in [-0.3, -0.25) is 4.79 Å². The van der Waals surface area contributed by atoms with Gasteiger partial charge in [0.1, 0.15) is 5.82 Å². The molecule has 2 aromatic rings. The lowest BCUT2D eigenvalue weighted by Gasteiger charge is -2.13.